The van der Waals surface area contributed by atoms with Crippen LogP contribution in [-0.2, 0) is 41.7 Å². The van der Waals surface area contributed by atoms with E-state index in [1.54, 1.807) is 0 Å². The summed E-state index contributed by atoms with van der Waals surface area (Å²) >= 11 is 0. The molecular formula is C41H56N2O8+2. The lowest BCUT2D eigenvalue weighted by atomic mass is 9.95. The van der Waals surface area contributed by atoms with Gasteiger partial charge in [-0.25, -0.2) is 0 Å². The molecule has 0 aromatic heterocycles. The molecule has 4 fully saturated rings. The first-order valence-corrected chi connectivity index (χ1v) is 19.1. The molecule has 4 saturated heterocycles. The number of piperidine rings is 2. The van der Waals surface area contributed by atoms with Crippen molar-refractivity contribution < 1.29 is 47.1 Å². The number of likely N-dealkylation sites (N-methyl/N-ethyl adjacent to an activating group) is 1. The van der Waals surface area contributed by atoms with Crippen molar-refractivity contribution >= 4 is 23.9 Å². The van der Waals surface area contributed by atoms with Gasteiger partial charge in [0.25, 0.3) is 0 Å². The Balaban J connectivity index is 0.929. The van der Waals surface area contributed by atoms with E-state index in [9.17, 15) is 19.2 Å². The van der Waals surface area contributed by atoms with Crippen LogP contribution in [0.1, 0.15) is 108 Å². The Labute approximate surface area is 302 Å². The predicted molar refractivity (Wildman–Crippen MR) is 190 cm³/mol. The third-order valence-electron chi connectivity index (χ3n) is 12.4. The van der Waals surface area contributed by atoms with E-state index in [-0.39, 0.29) is 55.0 Å². The molecule has 0 spiro atoms. The molecule has 276 valence electrons. The van der Waals surface area contributed by atoms with Gasteiger partial charge in [0.05, 0.1) is 32.2 Å². The zero-order valence-corrected chi connectivity index (χ0v) is 30.8. The smallest absolute Gasteiger partial charge is 0.311 e. The summed E-state index contributed by atoms with van der Waals surface area (Å²) in [7, 11) is 4.61. The number of hydrogen-bond acceptors (Lipinski definition) is 8. The second kappa shape index (κ2) is 15.9. The highest BCUT2D eigenvalue weighted by Crippen LogP contribution is 2.45. The summed E-state index contributed by atoms with van der Waals surface area (Å²) in [6.07, 6.45) is 9.83. The highest BCUT2D eigenvalue weighted by molar-refractivity contribution is 5.73. The standard InChI is InChI=1S/C41H56N2O8/c1-5-7-39(45)49-35-20-12-29(13-21-35)26-42(3)32-14-15-33(42)25-36(24-32)50-40(46)8-6-9-41(47)51-38-23-17-31-16-22-37(38)43(31,4)27-30-10-18-34(19-11-30)48-28(2)44/h10-13,18-21,31-33,36-38H,5-9,14-17,22-27H2,1-4H3/q+2. The molecule has 6 unspecified atom stereocenters. The lowest BCUT2D eigenvalue weighted by molar-refractivity contribution is -0.963. The topological polar surface area (TPSA) is 105 Å². The van der Waals surface area contributed by atoms with Crippen molar-refractivity contribution in [3.63, 3.8) is 0 Å². The van der Waals surface area contributed by atoms with Crippen LogP contribution in [0.5, 0.6) is 11.5 Å². The van der Waals surface area contributed by atoms with E-state index >= 15 is 0 Å². The van der Waals surface area contributed by atoms with Crippen LogP contribution >= 0.6 is 0 Å². The van der Waals surface area contributed by atoms with Crippen LogP contribution < -0.4 is 9.47 Å². The molecule has 4 aliphatic heterocycles. The van der Waals surface area contributed by atoms with Gasteiger partial charge >= 0.3 is 23.9 Å². The third-order valence-corrected chi connectivity index (χ3v) is 12.4. The normalized spacial score (nSPS) is 30.7. The average molecular weight is 705 g/mol. The molecular weight excluding hydrogens is 648 g/mol. The summed E-state index contributed by atoms with van der Waals surface area (Å²) in [6, 6.07) is 17.2. The molecule has 0 N–H and O–H groups in total. The van der Waals surface area contributed by atoms with Crippen molar-refractivity contribution in [2.24, 2.45) is 0 Å². The number of nitrogens with zero attached hydrogens (tertiary/aromatic N) is 2. The van der Waals surface area contributed by atoms with E-state index in [0.717, 1.165) is 79.8 Å². The summed E-state index contributed by atoms with van der Waals surface area (Å²) in [5.41, 5.74) is 2.38. The Morgan fingerprint density at radius 1 is 0.627 bits per heavy atom. The Morgan fingerprint density at radius 2 is 1.16 bits per heavy atom. The fraction of sp³-hybridized carbons (Fsp3) is 0.610. The number of hydrogen-bond donors (Lipinski definition) is 0. The maximum Gasteiger partial charge on any atom is 0.311 e. The van der Waals surface area contributed by atoms with E-state index in [4.69, 9.17) is 18.9 Å². The summed E-state index contributed by atoms with van der Waals surface area (Å²) < 4.78 is 24.5. The molecule has 10 heteroatoms. The summed E-state index contributed by atoms with van der Waals surface area (Å²) in [5.74, 6) is 0.141. The van der Waals surface area contributed by atoms with Crippen molar-refractivity contribution in [3.05, 3.63) is 59.7 Å². The highest BCUT2D eigenvalue weighted by Gasteiger charge is 2.55. The van der Waals surface area contributed by atoms with Gasteiger partial charge in [-0.05, 0) is 67.8 Å². The number of ether oxygens (including phenoxy) is 4. The monoisotopic (exact) mass is 704 g/mol. The third kappa shape index (κ3) is 8.66. The summed E-state index contributed by atoms with van der Waals surface area (Å²) in [4.78, 5) is 49.1. The number of carbonyl (C=O) groups is 4. The first-order chi connectivity index (χ1) is 24.4. The number of esters is 4. The first-order valence-electron chi connectivity index (χ1n) is 19.1. The minimum atomic E-state index is -0.332. The van der Waals surface area contributed by atoms with Crippen molar-refractivity contribution in [1.82, 2.24) is 0 Å². The molecule has 51 heavy (non-hydrogen) atoms. The zero-order chi connectivity index (χ0) is 36.2. The Morgan fingerprint density at radius 3 is 1.75 bits per heavy atom. The molecule has 4 heterocycles. The van der Waals surface area contributed by atoms with Gasteiger partial charge in [0.1, 0.15) is 36.7 Å². The second-order valence-corrected chi connectivity index (χ2v) is 15.8. The van der Waals surface area contributed by atoms with Crippen LogP contribution in [0.2, 0.25) is 0 Å². The van der Waals surface area contributed by atoms with Crippen LogP contribution in [0.4, 0.5) is 0 Å². The largest absolute Gasteiger partial charge is 0.462 e. The minimum Gasteiger partial charge on any atom is -0.462 e. The lowest BCUT2D eigenvalue weighted by Crippen LogP contribution is -2.60. The van der Waals surface area contributed by atoms with Gasteiger partial charge in [-0.1, -0.05) is 6.92 Å². The van der Waals surface area contributed by atoms with Crippen molar-refractivity contribution in [2.45, 2.75) is 147 Å². The Kier molecular flexibility index (Phi) is 11.5. The molecule has 0 amide bonds. The molecule has 4 aliphatic rings. The molecule has 6 rings (SSSR count). The fourth-order valence-corrected chi connectivity index (χ4v) is 9.72. The van der Waals surface area contributed by atoms with Gasteiger partial charge in [0, 0.05) is 82.3 Å². The quantitative estimate of drug-likeness (QED) is 0.124. The van der Waals surface area contributed by atoms with Crippen molar-refractivity contribution in [2.75, 3.05) is 14.1 Å². The predicted octanol–water partition coefficient (Wildman–Crippen LogP) is 6.55. The fourth-order valence-electron chi connectivity index (χ4n) is 9.72. The molecule has 6 atom stereocenters. The second-order valence-electron chi connectivity index (χ2n) is 15.8. The minimum absolute atomic E-state index is 0.0839. The number of benzene rings is 2. The van der Waals surface area contributed by atoms with E-state index in [0.29, 0.717) is 42.5 Å². The number of carbonyl (C=O) groups excluding carboxylic acids is 4. The van der Waals surface area contributed by atoms with Gasteiger partial charge in [0.15, 0.2) is 6.10 Å². The number of fused-ring (bicyclic) bond motifs is 4. The maximum atomic E-state index is 13.0. The number of rotatable bonds is 14. The average Bonchev–Trinajstić information content (AvgIpc) is 3.32. The highest BCUT2D eigenvalue weighted by atomic mass is 16.6. The Bertz CT molecular complexity index is 1540. The molecule has 4 bridgehead atoms. The summed E-state index contributed by atoms with van der Waals surface area (Å²) in [5, 5.41) is 0. The van der Waals surface area contributed by atoms with Crippen LogP contribution in [0.25, 0.3) is 0 Å². The molecule has 2 aromatic rings. The van der Waals surface area contributed by atoms with Crippen LogP contribution in [0.3, 0.4) is 0 Å². The van der Waals surface area contributed by atoms with Crippen LogP contribution in [0, 0.1) is 0 Å². The molecule has 0 radical (unpaired) electrons. The van der Waals surface area contributed by atoms with E-state index in [1.807, 2.05) is 43.3 Å². The van der Waals surface area contributed by atoms with Crippen LogP contribution in [0.15, 0.2) is 48.5 Å². The van der Waals surface area contributed by atoms with Gasteiger partial charge in [-0.3, -0.25) is 19.2 Å². The van der Waals surface area contributed by atoms with E-state index in [1.165, 1.54) is 18.1 Å². The van der Waals surface area contributed by atoms with E-state index < -0.39 is 0 Å². The Hall–Kier alpha value is -3.76. The summed E-state index contributed by atoms with van der Waals surface area (Å²) in [6.45, 7) is 5.09. The molecule has 0 aliphatic carbocycles. The van der Waals surface area contributed by atoms with Gasteiger partial charge in [-0.2, -0.15) is 0 Å². The SMILES string of the molecule is CCCC(=O)Oc1ccc(C[N+]2(C)C3CCC2CC(OC(=O)CCCC(=O)OC2CCC4CCC2[N+]4(C)Cc2ccc(OC(C)=O)cc2)C3)cc1. The van der Waals surface area contributed by atoms with Crippen LogP contribution in [-0.4, -0.2) is 83.3 Å². The van der Waals surface area contributed by atoms with Gasteiger partial charge < -0.3 is 27.9 Å². The number of quaternary nitrogens is 2. The van der Waals surface area contributed by atoms with E-state index in [2.05, 4.69) is 26.2 Å². The molecule has 2 aromatic carbocycles. The lowest BCUT2D eigenvalue weighted by Gasteiger charge is -2.47. The van der Waals surface area contributed by atoms with Gasteiger partial charge in [-0.15, -0.1) is 0 Å². The molecule has 10 nitrogen and oxygen atoms in total. The first kappa shape index (κ1) is 37.0. The zero-order valence-electron chi connectivity index (χ0n) is 30.8. The van der Waals surface area contributed by atoms with Gasteiger partial charge in [0.2, 0.25) is 0 Å². The van der Waals surface area contributed by atoms with Crippen molar-refractivity contribution in [1.29, 1.82) is 0 Å². The maximum absolute atomic E-state index is 13.0. The van der Waals surface area contributed by atoms with Crippen molar-refractivity contribution in [3.8, 4) is 11.5 Å². The molecule has 0 saturated carbocycles.